The van der Waals surface area contributed by atoms with Crippen molar-refractivity contribution in [3.8, 4) is 61.3 Å². The second-order valence-electron chi connectivity index (χ2n) is 19.6. The van der Waals surface area contributed by atoms with Crippen molar-refractivity contribution in [2.75, 3.05) is 4.90 Å². The standard InChI is InChI=1S/C71H46N2/c1-3-16-47(17-4-1)51-34-42-69-63(44-51)64-45-52(35-43-70(64)73(69)53-20-5-2-6-21-53)48-30-36-54(37-31-48)72(55-38-32-50(33-39-55)58-26-15-19-49-18-7-8-22-57(49)58)56-40-41-62-61-25-11-14-29-67(61)71(68(62)46-56)65-27-12-9-23-59(65)60-24-10-13-28-66(60)71/h1-46H. The van der Waals surface area contributed by atoms with Crippen LogP contribution in [0.4, 0.5) is 17.1 Å². The van der Waals surface area contributed by atoms with Gasteiger partial charge in [-0.05, 0) is 161 Å². The summed E-state index contributed by atoms with van der Waals surface area (Å²) in [6.45, 7) is 0. The highest BCUT2D eigenvalue weighted by molar-refractivity contribution is 6.12. The first kappa shape index (κ1) is 41.3. The molecular formula is C71H46N2. The van der Waals surface area contributed by atoms with Crippen LogP contribution in [-0.2, 0) is 5.41 Å². The minimum absolute atomic E-state index is 0.451. The summed E-state index contributed by atoms with van der Waals surface area (Å²) in [4.78, 5) is 2.45. The number of para-hydroxylation sites is 1. The van der Waals surface area contributed by atoms with E-state index in [0.717, 1.165) is 22.7 Å². The Morgan fingerprint density at radius 2 is 0.699 bits per heavy atom. The number of hydrogen-bond acceptors (Lipinski definition) is 1. The normalized spacial score (nSPS) is 12.8. The number of anilines is 3. The summed E-state index contributed by atoms with van der Waals surface area (Å²) in [5.41, 5.74) is 24.1. The molecule has 1 aromatic heterocycles. The summed E-state index contributed by atoms with van der Waals surface area (Å²) in [5.74, 6) is 0. The lowest BCUT2D eigenvalue weighted by Crippen LogP contribution is -2.26. The van der Waals surface area contributed by atoms with Crippen molar-refractivity contribution in [3.05, 3.63) is 301 Å². The number of nitrogens with zero attached hydrogens (tertiary/aromatic N) is 2. The summed E-state index contributed by atoms with van der Waals surface area (Å²) < 4.78 is 2.40. The monoisotopic (exact) mass is 926 g/mol. The van der Waals surface area contributed by atoms with Gasteiger partial charge >= 0.3 is 0 Å². The Labute approximate surface area is 425 Å². The lowest BCUT2D eigenvalue weighted by atomic mass is 9.70. The summed E-state index contributed by atoms with van der Waals surface area (Å²) in [7, 11) is 0. The minimum atomic E-state index is -0.451. The molecule has 340 valence electrons. The van der Waals surface area contributed by atoms with Gasteiger partial charge in [0.05, 0.1) is 16.4 Å². The van der Waals surface area contributed by atoms with Gasteiger partial charge in [-0.3, -0.25) is 0 Å². The first-order chi connectivity index (χ1) is 36.2. The molecule has 0 aliphatic heterocycles. The highest BCUT2D eigenvalue weighted by Gasteiger charge is 2.51. The topological polar surface area (TPSA) is 8.17 Å². The van der Waals surface area contributed by atoms with Crippen LogP contribution in [0.5, 0.6) is 0 Å². The van der Waals surface area contributed by atoms with Gasteiger partial charge in [-0.2, -0.15) is 0 Å². The minimum Gasteiger partial charge on any atom is -0.310 e. The van der Waals surface area contributed by atoms with Gasteiger partial charge in [0.2, 0.25) is 0 Å². The molecular weight excluding hydrogens is 881 g/mol. The average Bonchev–Trinajstić information content (AvgIpc) is 4.08. The lowest BCUT2D eigenvalue weighted by molar-refractivity contribution is 0.793. The Balaban J connectivity index is 0.890. The fourth-order valence-corrected chi connectivity index (χ4v) is 12.6. The molecule has 0 saturated heterocycles. The number of fused-ring (bicyclic) bond motifs is 14. The predicted octanol–water partition coefficient (Wildman–Crippen LogP) is 18.8. The lowest BCUT2D eigenvalue weighted by Gasteiger charge is -2.32. The van der Waals surface area contributed by atoms with Gasteiger partial charge < -0.3 is 9.47 Å². The third kappa shape index (κ3) is 6.24. The Morgan fingerprint density at radius 3 is 1.30 bits per heavy atom. The first-order valence-electron chi connectivity index (χ1n) is 25.3. The Bertz CT molecular complexity index is 4230. The molecule has 2 aliphatic rings. The molecule has 12 aromatic carbocycles. The van der Waals surface area contributed by atoms with E-state index in [1.807, 2.05) is 0 Å². The van der Waals surface area contributed by atoms with E-state index in [4.69, 9.17) is 0 Å². The summed E-state index contributed by atoms with van der Waals surface area (Å²) in [6, 6.07) is 103. The van der Waals surface area contributed by atoms with Crippen LogP contribution in [0.15, 0.2) is 279 Å². The SMILES string of the molecule is c1ccc(-c2ccc3c(c2)c2cc(-c4ccc(N(c5ccc(-c6cccc7ccccc67)cc5)c5ccc6c(c5)C5(c7ccccc7-c7ccccc75)c5ccccc5-6)cc4)ccc2n3-c2ccccc2)cc1. The molecule has 13 aromatic rings. The average molecular weight is 927 g/mol. The number of rotatable bonds is 7. The summed E-state index contributed by atoms with van der Waals surface area (Å²) in [6.07, 6.45) is 0. The van der Waals surface area contributed by atoms with E-state index < -0.39 is 5.41 Å². The number of benzene rings is 12. The van der Waals surface area contributed by atoms with Crippen LogP contribution in [0.1, 0.15) is 22.3 Å². The molecule has 2 aliphatic carbocycles. The Morgan fingerprint density at radius 1 is 0.260 bits per heavy atom. The molecule has 2 heteroatoms. The van der Waals surface area contributed by atoms with Gasteiger partial charge in [-0.25, -0.2) is 0 Å². The van der Waals surface area contributed by atoms with Crippen molar-refractivity contribution in [1.82, 2.24) is 4.57 Å². The third-order valence-corrected chi connectivity index (χ3v) is 15.8. The second kappa shape index (κ2) is 16.3. The fourth-order valence-electron chi connectivity index (χ4n) is 12.6. The highest BCUT2D eigenvalue weighted by Crippen LogP contribution is 2.63. The van der Waals surface area contributed by atoms with E-state index in [-0.39, 0.29) is 0 Å². The van der Waals surface area contributed by atoms with E-state index in [9.17, 15) is 0 Å². The van der Waals surface area contributed by atoms with E-state index in [1.54, 1.807) is 0 Å². The zero-order valence-corrected chi connectivity index (χ0v) is 40.0. The Hall–Kier alpha value is -9.50. The van der Waals surface area contributed by atoms with Crippen LogP contribution >= 0.6 is 0 Å². The maximum atomic E-state index is 2.49. The quantitative estimate of drug-likeness (QED) is 0.155. The van der Waals surface area contributed by atoms with Crippen molar-refractivity contribution < 1.29 is 0 Å². The maximum absolute atomic E-state index is 2.49. The van der Waals surface area contributed by atoms with Gasteiger partial charge in [0.1, 0.15) is 0 Å². The molecule has 2 nitrogen and oxygen atoms in total. The van der Waals surface area contributed by atoms with Crippen molar-refractivity contribution in [2.24, 2.45) is 0 Å². The molecule has 1 spiro atoms. The molecule has 0 unspecified atom stereocenters. The highest BCUT2D eigenvalue weighted by atomic mass is 15.1. The molecule has 0 radical (unpaired) electrons. The Kier molecular flexibility index (Phi) is 9.21. The smallest absolute Gasteiger partial charge is 0.0726 e. The molecule has 73 heavy (non-hydrogen) atoms. The van der Waals surface area contributed by atoms with Crippen molar-refractivity contribution in [1.29, 1.82) is 0 Å². The molecule has 0 amide bonds. The van der Waals surface area contributed by atoms with Crippen molar-refractivity contribution in [3.63, 3.8) is 0 Å². The summed E-state index contributed by atoms with van der Waals surface area (Å²) in [5, 5.41) is 4.97. The molecule has 0 bridgehead atoms. The molecule has 0 N–H and O–H groups in total. The van der Waals surface area contributed by atoms with Gasteiger partial charge in [-0.1, -0.05) is 206 Å². The van der Waals surface area contributed by atoms with Gasteiger partial charge in [0.25, 0.3) is 0 Å². The summed E-state index contributed by atoms with van der Waals surface area (Å²) >= 11 is 0. The third-order valence-electron chi connectivity index (χ3n) is 15.8. The van der Waals surface area contributed by atoms with Crippen molar-refractivity contribution in [2.45, 2.75) is 5.41 Å². The number of hydrogen-bond donors (Lipinski definition) is 0. The van der Waals surface area contributed by atoms with E-state index in [1.165, 1.54) is 110 Å². The van der Waals surface area contributed by atoms with Gasteiger partial charge in [0, 0.05) is 33.5 Å². The molecule has 0 fully saturated rings. The zero-order chi connectivity index (χ0) is 48.0. The first-order valence-corrected chi connectivity index (χ1v) is 25.3. The predicted molar refractivity (Wildman–Crippen MR) is 306 cm³/mol. The van der Waals surface area contributed by atoms with Crippen LogP contribution in [-0.4, -0.2) is 4.57 Å². The van der Waals surface area contributed by atoms with Crippen LogP contribution < -0.4 is 4.90 Å². The van der Waals surface area contributed by atoms with Crippen LogP contribution in [0.2, 0.25) is 0 Å². The van der Waals surface area contributed by atoms with E-state index in [2.05, 4.69) is 289 Å². The largest absolute Gasteiger partial charge is 0.310 e. The van der Waals surface area contributed by atoms with Gasteiger partial charge in [-0.15, -0.1) is 0 Å². The molecule has 15 rings (SSSR count). The van der Waals surface area contributed by atoms with E-state index in [0.29, 0.717) is 0 Å². The molecule has 0 atom stereocenters. The molecule has 0 saturated carbocycles. The van der Waals surface area contributed by atoms with Crippen LogP contribution in [0, 0.1) is 0 Å². The van der Waals surface area contributed by atoms with E-state index >= 15 is 0 Å². The van der Waals surface area contributed by atoms with Crippen LogP contribution in [0.25, 0.3) is 93.9 Å². The second-order valence-corrected chi connectivity index (χ2v) is 19.6. The van der Waals surface area contributed by atoms with Gasteiger partial charge in [0.15, 0.2) is 0 Å². The zero-order valence-electron chi connectivity index (χ0n) is 40.0. The maximum Gasteiger partial charge on any atom is 0.0726 e. The van der Waals surface area contributed by atoms with Crippen LogP contribution in [0.3, 0.4) is 0 Å². The van der Waals surface area contributed by atoms with Crippen molar-refractivity contribution >= 4 is 49.6 Å². The number of aromatic nitrogens is 1. The fraction of sp³-hybridized carbons (Fsp3) is 0.0141. The molecule has 1 heterocycles.